The fourth-order valence-corrected chi connectivity index (χ4v) is 2.05. The molecule has 1 aromatic carbocycles. The lowest BCUT2D eigenvalue weighted by Gasteiger charge is -2.13. The number of hydrogen-bond acceptors (Lipinski definition) is 3. The van der Waals surface area contributed by atoms with Crippen molar-refractivity contribution in [3.8, 4) is 5.75 Å². The number of halogens is 1. The summed E-state index contributed by atoms with van der Waals surface area (Å²) in [5.41, 5.74) is 7.10. The molecule has 0 radical (unpaired) electrons. The minimum absolute atomic E-state index is 0.119. The highest BCUT2D eigenvalue weighted by molar-refractivity contribution is 9.10. The standard InChI is InChI=1S/C9H12BrNO2/c1-5-2-6(10)9(7(11)4-12)8(13)3-5/h2-3,7,12-13H,4,11H2,1H3. The Morgan fingerprint density at radius 2 is 2.15 bits per heavy atom. The van der Waals surface area contributed by atoms with Crippen LogP contribution in [0, 0.1) is 6.92 Å². The van der Waals surface area contributed by atoms with E-state index in [9.17, 15) is 5.11 Å². The summed E-state index contributed by atoms with van der Waals surface area (Å²) in [6.45, 7) is 1.69. The first-order chi connectivity index (χ1) is 6.06. The topological polar surface area (TPSA) is 66.5 Å². The number of nitrogens with two attached hydrogens (primary N) is 1. The first kappa shape index (κ1) is 10.5. The maximum atomic E-state index is 9.55. The Kier molecular flexibility index (Phi) is 3.30. The van der Waals surface area contributed by atoms with E-state index in [4.69, 9.17) is 10.8 Å². The number of aliphatic hydroxyl groups excluding tert-OH is 1. The zero-order valence-corrected chi connectivity index (χ0v) is 8.87. The summed E-state index contributed by atoms with van der Waals surface area (Å²) in [4.78, 5) is 0. The van der Waals surface area contributed by atoms with E-state index in [0.29, 0.717) is 5.56 Å². The van der Waals surface area contributed by atoms with E-state index in [1.807, 2.05) is 13.0 Å². The monoisotopic (exact) mass is 245 g/mol. The SMILES string of the molecule is Cc1cc(O)c(C(N)CO)c(Br)c1. The van der Waals surface area contributed by atoms with Crippen molar-refractivity contribution in [2.24, 2.45) is 5.73 Å². The average Bonchev–Trinajstić information content (AvgIpc) is 2.02. The van der Waals surface area contributed by atoms with Crippen LogP contribution in [-0.4, -0.2) is 16.8 Å². The number of aromatic hydroxyl groups is 1. The van der Waals surface area contributed by atoms with E-state index in [1.165, 1.54) is 0 Å². The second-order valence-corrected chi connectivity index (χ2v) is 3.82. The number of aliphatic hydroxyl groups is 1. The second-order valence-electron chi connectivity index (χ2n) is 2.97. The Balaban J connectivity index is 3.20. The molecular weight excluding hydrogens is 234 g/mol. The molecule has 0 spiro atoms. The van der Waals surface area contributed by atoms with E-state index >= 15 is 0 Å². The normalized spacial score (nSPS) is 12.9. The predicted molar refractivity (Wildman–Crippen MR) is 54.6 cm³/mol. The number of aryl methyl sites for hydroxylation is 1. The summed E-state index contributed by atoms with van der Waals surface area (Å²) in [5, 5.41) is 18.4. The van der Waals surface area contributed by atoms with Crippen molar-refractivity contribution in [1.82, 2.24) is 0 Å². The fourth-order valence-electron chi connectivity index (χ4n) is 1.19. The van der Waals surface area contributed by atoms with Crippen LogP contribution in [-0.2, 0) is 0 Å². The van der Waals surface area contributed by atoms with Gasteiger partial charge in [0.15, 0.2) is 0 Å². The van der Waals surface area contributed by atoms with Gasteiger partial charge in [-0.15, -0.1) is 0 Å². The lowest BCUT2D eigenvalue weighted by Crippen LogP contribution is -2.15. The van der Waals surface area contributed by atoms with Crippen LogP contribution in [0.2, 0.25) is 0 Å². The highest BCUT2D eigenvalue weighted by atomic mass is 79.9. The van der Waals surface area contributed by atoms with Crippen molar-refractivity contribution in [2.45, 2.75) is 13.0 Å². The third-order valence-electron chi connectivity index (χ3n) is 1.82. The van der Waals surface area contributed by atoms with Crippen LogP contribution in [0.4, 0.5) is 0 Å². The molecule has 0 bridgehead atoms. The molecule has 13 heavy (non-hydrogen) atoms. The lowest BCUT2D eigenvalue weighted by molar-refractivity contribution is 0.265. The highest BCUT2D eigenvalue weighted by Crippen LogP contribution is 2.31. The van der Waals surface area contributed by atoms with Gasteiger partial charge in [0.1, 0.15) is 5.75 Å². The fraction of sp³-hybridized carbons (Fsp3) is 0.333. The average molecular weight is 246 g/mol. The molecule has 0 saturated carbocycles. The van der Waals surface area contributed by atoms with Crippen molar-refractivity contribution in [3.63, 3.8) is 0 Å². The van der Waals surface area contributed by atoms with Gasteiger partial charge in [0.05, 0.1) is 12.6 Å². The smallest absolute Gasteiger partial charge is 0.121 e. The van der Waals surface area contributed by atoms with Crippen molar-refractivity contribution >= 4 is 15.9 Å². The van der Waals surface area contributed by atoms with E-state index in [2.05, 4.69) is 15.9 Å². The van der Waals surface area contributed by atoms with Gasteiger partial charge in [0, 0.05) is 10.0 Å². The van der Waals surface area contributed by atoms with Crippen molar-refractivity contribution in [3.05, 3.63) is 27.7 Å². The molecule has 1 unspecified atom stereocenters. The van der Waals surface area contributed by atoms with Gasteiger partial charge in [-0.2, -0.15) is 0 Å². The van der Waals surface area contributed by atoms with E-state index in [-0.39, 0.29) is 12.4 Å². The molecule has 3 nitrogen and oxygen atoms in total. The van der Waals surface area contributed by atoms with Crippen molar-refractivity contribution < 1.29 is 10.2 Å². The third-order valence-corrected chi connectivity index (χ3v) is 2.48. The minimum atomic E-state index is -0.546. The van der Waals surface area contributed by atoms with E-state index < -0.39 is 6.04 Å². The van der Waals surface area contributed by atoms with Gasteiger partial charge in [-0.1, -0.05) is 15.9 Å². The van der Waals surface area contributed by atoms with Crippen LogP contribution >= 0.6 is 15.9 Å². The summed E-state index contributed by atoms with van der Waals surface area (Å²) in [7, 11) is 0. The quantitative estimate of drug-likeness (QED) is 0.739. The van der Waals surface area contributed by atoms with Crippen LogP contribution in [0.3, 0.4) is 0 Å². The lowest BCUT2D eigenvalue weighted by atomic mass is 10.1. The second kappa shape index (κ2) is 4.09. The first-order valence-electron chi connectivity index (χ1n) is 3.91. The summed E-state index contributed by atoms with van der Waals surface area (Å²) >= 11 is 3.29. The van der Waals surface area contributed by atoms with E-state index in [0.717, 1.165) is 10.0 Å². The zero-order valence-electron chi connectivity index (χ0n) is 7.29. The molecule has 1 atom stereocenters. The zero-order chi connectivity index (χ0) is 10.0. The number of phenols is 1. The third kappa shape index (κ3) is 2.21. The molecule has 0 heterocycles. The Labute approximate surface area is 85.3 Å². The van der Waals surface area contributed by atoms with Gasteiger partial charge in [-0.25, -0.2) is 0 Å². The maximum Gasteiger partial charge on any atom is 0.121 e. The van der Waals surface area contributed by atoms with Gasteiger partial charge in [0.25, 0.3) is 0 Å². The Hall–Kier alpha value is -0.580. The molecule has 0 saturated heterocycles. The summed E-state index contributed by atoms with van der Waals surface area (Å²) in [6, 6.07) is 2.93. The first-order valence-corrected chi connectivity index (χ1v) is 4.71. The molecule has 0 aromatic heterocycles. The van der Waals surface area contributed by atoms with Gasteiger partial charge < -0.3 is 15.9 Å². The molecule has 1 aromatic rings. The summed E-state index contributed by atoms with van der Waals surface area (Å²) < 4.78 is 0.728. The summed E-state index contributed by atoms with van der Waals surface area (Å²) in [6.07, 6.45) is 0. The number of benzene rings is 1. The summed E-state index contributed by atoms with van der Waals surface area (Å²) in [5.74, 6) is 0.119. The van der Waals surface area contributed by atoms with Crippen molar-refractivity contribution in [1.29, 1.82) is 0 Å². The number of phenolic OH excluding ortho intramolecular Hbond substituents is 1. The van der Waals surface area contributed by atoms with Gasteiger partial charge in [-0.3, -0.25) is 0 Å². The molecule has 0 aliphatic rings. The van der Waals surface area contributed by atoms with E-state index in [1.54, 1.807) is 6.07 Å². The Bertz CT molecular complexity index is 291. The molecular formula is C9H12BrNO2. The minimum Gasteiger partial charge on any atom is -0.508 e. The number of rotatable bonds is 2. The largest absolute Gasteiger partial charge is 0.508 e. The molecule has 1 rings (SSSR count). The van der Waals surface area contributed by atoms with Crippen LogP contribution in [0.5, 0.6) is 5.75 Å². The Morgan fingerprint density at radius 1 is 1.54 bits per heavy atom. The Morgan fingerprint density at radius 3 is 2.62 bits per heavy atom. The van der Waals surface area contributed by atoms with Crippen molar-refractivity contribution in [2.75, 3.05) is 6.61 Å². The van der Waals surface area contributed by atoms with Gasteiger partial charge >= 0.3 is 0 Å². The molecule has 0 aliphatic carbocycles. The molecule has 0 aliphatic heterocycles. The van der Waals surface area contributed by atoms with Crippen LogP contribution in [0.1, 0.15) is 17.2 Å². The van der Waals surface area contributed by atoms with Crippen LogP contribution < -0.4 is 5.73 Å². The highest BCUT2D eigenvalue weighted by Gasteiger charge is 2.13. The van der Waals surface area contributed by atoms with Crippen LogP contribution in [0.15, 0.2) is 16.6 Å². The molecule has 0 amide bonds. The number of hydrogen-bond donors (Lipinski definition) is 3. The van der Waals surface area contributed by atoms with Gasteiger partial charge in [-0.05, 0) is 24.6 Å². The molecule has 72 valence electrons. The van der Waals surface area contributed by atoms with Crippen LogP contribution in [0.25, 0.3) is 0 Å². The predicted octanol–water partition coefficient (Wildman–Crippen LogP) is 1.46. The maximum absolute atomic E-state index is 9.55. The molecule has 0 fully saturated rings. The molecule has 4 heteroatoms. The van der Waals surface area contributed by atoms with Gasteiger partial charge in [0.2, 0.25) is 0 Å². The molecule has 4 N–H and O–H groups in total.